The van der Waals surface area contributed by atoms with Gasteiger partial charge in [0, 0.05) is 38.6 Å². The highest BCUT2D eigenvalue weighted by Crippen LogP contribution is 2.26. The van der Waals surface area contributed by atoms with Crippen LogP contribution in [0, 0.1) is 5.92 Å². The summed E-state index contributed by atoms with van der Waals surface area (Å²) in [6, 6.07) is 2.65. The van der Waals surface area contributed by atoms with Gasteiger partial charge in [0.2, 0.25) is 5.91 Å². The molecule has 122 valence electrons. The van der Waals surface area contributed by atoms with Crippen molar-refractivity contribution in [3.05, 3.63) is 22.4 Å². The van der Waals surface area contributed by atoms with Crippen LogP contribution in [-0.4, -0.2) is 61.1 Å². The van der Waals surface area contributed by atoms with Crippen molar-refractivity contribution in [3.63, 3.8) is 0 Å². The van der Waals surface area contributed by atoms with Gasteiger partial charge in [-0.1, -0.05) is 13.3 Å². The van der Waals surface area contributed by atoms with Gasteiger partial charge in [-0.25, -0.2) is 0 Å². The molecule has 22 heavy (non-hydrogen) atoms. The van der Waals surface area contributed by atoms with Crippen LogP contribution in [0.4, 0.5) is 0 Å². The minimum absolute atomic E-state index is 0.320. The molecule has 1 amide bonds. The summed E-state index contributed by atoms with van der Waals surface area (Å²) in [5.41, 5.74) is 1.29. The van der Waals surface area contributed by atoms with E-state index in [1.54, 1.807) is 11.3 Å². The zero-order valence-electron chi connectivity index (χ0n) is 13.4. The number of ether oxygens (including phenoxy) is 1. The summed E-state index contributed by atoms with van der Waals surface area (Å²) in [6.07, 6.45) is 2.66. The van der Waals surface area contributed by atoms with Crippen molar-refractivity contribution < 1.29 is 9.53 Å². The zero-order chi connectivity index (χ0) is 15.4. The molecule has 0 radical (unpaired) electrons. The highest BCUT2D eigenvalue weighted by Gasteiger charge is 2.37. The normalized spacial score (nSPS) is 26.5. The monoisotopic (exact) mass is 322 g/mol. The van der Waals surface area contributed by atoms with E-state index in [9.17, 15) is 4.79 Å². The molecule has 1 aromatic heterocycles. The van der Waals surface area contributed by atoms with Crippen LogP contribution in [-0.2, 0) is 16.0 Å². The lowest BCUT2D eigenvalue weighted by atomic mass is 9.99. The van der Waals surface area contributed by atoms with Gasteiger partial charge in [-0.15, -0.1) is 0 Å². The molecular formula is C17H26N2O2S. The van der Waals surface area contributed by atoms with Crippen molar-refractivity contribution in [2.75, 3.05) is 39.4 Å². The van der Waals surface area contributed by atoms with E-state index >= 15 is 0 Å². The van der Waals surface area contributed by atoms with Crippen molar-refractivity contribution >= 4 is 17.2 Å². The number of aryl methyl sites for hydroxylation is 1. The molecule has 2 atom stereocenters. The molecule has 4 nitrogen and oxygen atoms in total. The highest BCUT2D eigenvalue weighted by molar-refractivity contribution is 7.07. The van der Waals surface area contributed by atoms with Crippen LogP contribution >= 0.6 is 11.3 Å². The second kappa shape index (κ2) is 7.57. The van der Waals surface area contributed by atoms with Crippen molar-refractivity contribution in [3.8, 4) is 0 Å². The Bertz CT molecular complexity index is 471. The van der Waals surface area contributed by atoms with E-state index in [2.05, 4.69) is 33.6 Å². The summed E-state index contributed by atoms with van der Waals surface area (Å²) in [7, 11) is 0. The minimum atomic E-state index is 0.320. The SMILES string of the molecule is CC[C@@H]1CN(C(=O)CCc2ccsc2)C[C@H]1N1CCOCC1. The number of hydrogen-bond donors (Lipinski definition) is 0. The zero-order valence-corrected chi connectivity index (χ0v) is 14.2. The second-order valence-corrected chi connectivity index (χ2v) is 7.09. The van der Waals surface area contributed by atoms with Crippen molar-refractivity contribution in [1.29, 1.82) is 0 Å². The molecule has 0 saturated carbocycles. The maximum absolute atomic E-state index is 12.5. The molecule has 0 aromatic carbocycles. The molecular weight excluding hydrogens is 296 g/mol. The van der Waals surface area contributed by atoms with Crippen LogP contribution in [0.25, 0.3) is 0 Å². The fourth-order valence-electron chi connectivity index (χ4n) is 3.63. The van der Waals surface area contributed by atoms with Gasteiger partial charge in [0.05, 0.1) is 13.2 Å². The molecule has 2 aliphatic heterocycles. The molecule has 2 fully saturated rings. The first-order valence-corrected chi connectivity index (χ1v) is 9.33. The standard InChI is InChI=1S/C17H26N2O2S/c1-2-15-11-19(12-16(15)18-6-8-21-9-7-18)17(20)4-3-14-5-10-22-13-14/h5,10,13,15-16H,2-4,6-9,11-12H2,1H3/t15-,16-/m1/s1. The number of morpholine rings is 1. The van der Waals surface area contributed by atoms with Gasteiger partial charge in [-0.3, -0.25) is 9.69 Å². The number of carbonyl (C=O) groups excluding carboxylic acids is 1. The third-order valence-electron chi connectivity index (χ3n) is 5.01. The predicted molar refractivity (Wildman–Crippen MR) is 89.2 cm³/mol. The second-order valence-electron chi connectivity index (χ2n) is 6.31. The molecule has 0 spiro atoms. The van der Waals surface area contributed by atoms with Gasteiger partial charge in [-0.2, -0.15) is 11.3 Å². The lowest BCUT2D eigenvalue weighted by molar-refractivity contribution is -0.130. The lowest BCUT2D eigenvalue weighted by Gasteiger charge is -2.34. The third-order valence-corrected chi connectivity index (χ3v) is 5.74. The Labute approximate surface area is 137 Å². The summed E-state index contributed by atoms with van der Waals surface area (Å²) in [6.45, 7) is 7.77. The van der Waals surface area contributed by atoms with Gasteiger partial charge < -0.3 is 9.64 Å². The van der Waals surface area contributed by atoms with E-state index in [4.69, 9.17) is 4.74 Å². The van der Waals surface area contributed by atoms with Gasteiger partial charge in [0.25, 0.3) is 0 Å². The topological polar surface area (TPSA) is 32.8 Å². The van der Waals surface area contributed by atoms with E-state index in [0.717, 1.165) is 52.2 Å². The molecule has 2 aliphatic rings. The summed E-state index contributed by atoms with van der Waals surface area (Å²) in [5, 5.41) is 4.22. The fraction of sp³-hybridized carbons (Fsp3) is 0.706. The quantitative estimate of drug-likeness (QED) is 0.833. The Morgan fingerprint density at radius 3 is 2.86 bits per heavy atom. The first kappa shape index (κ1) is 16.0. The molecule has 1 aromatic rings. The fourth-order valence-corrected chi connectivity index (χ4v) is 4.33. The number of likely N-dealkylation sites (tertiary alicyclic amines) is 1. The van der Waals surface area contributed by atoms with Crippen LogP contribution in [0.3, 0.4) is 0 Å². The Kier molecular flexibility index (Phi) is 5.50. The largest absolute Gasteiger partial charge is 0.379 e. The first-order valence-electron chi connectivity index (χ1n) is 8.38. The van der Waals surface area contributed by atoms with E-state index in [1.165, 1.54) is 5.56 Å². The van der Waals surface area contributed by atoms with Crippen molar-refractivity contribution in [2.45, 2.75) is 32.2 Å². The number of nitrogens with zero attached hydrogens (tertiary/aromatic N) is 2. The predicted octanol–water partition coefficient (Wildman–Crippen LogP) is 2.25. The number of hydrogen-bond acceptors (Lipinski definition) is 4. The van der Waals surface area contributed by atoms with Gasteiger partial charge >= 0.3 is 0 Å². The van der Waals surface area contributed by atoms with Crippen LogP contribution < -0.4 is 0 Å². The Morgan fingerprint density at radius 1 is 1.36 bits per heavy atom. The summed E-state index contributed by atoms with van der Waals surface area (Å²) in [4.78, 5) is 17.1. The lowest BCUT2D eigenvalue weighted by Crippen LogP contribution is -2.47. The Hall–Kier alpha value is -0.910. The van der Waals surface area contributed by atoms with Crippen LogP contribution in [0.2, 0.25) is 0 Å². The molecule has 0 unspecified atom stereocenters. The van der Waals surface area contributed by atoms with Gasteiger partial charge in [0.1, 0.15) is 0 Å². The van der Waals surface area contributed by atoms with Crippen molar-refractivity contribution in [2.24, 2.45) is 5.92 Å². The Balaban J connectivity index is 1.54. The highest BCUT2D eigenvalue weighted by atomic mass is 32.1. The summed E-state index contributed by atoms with van der Waals surface area (Å²) < 4.78 is 5.46. The number of thiophene rings is 1. The molecule has 3 rings (SSSR count). The maximum Gasteiger partial charge on any atom is 0.222 e. The van der Waals surface area contributed by atoms with Crippen LogP contribution in [0.15, 0.2) is 16.8 Å². The number of rotatable bonds is 5. The molecule has 5 heteroatoms. The Morgan fingerprint density at radius 2 is 2.18 bits per heavy atom. The molecule has 0 aliphatic carbocycles. The minimum Gasteiger partial charge on any atom is -0.379 e. The average molecular weight is 322 g/mol. The van der Waals surface area contributed by atoms with E-state index in [1.807, 2.05) is 0 Å². The smallest absolute Gasteiger partial charge is 0.222 e. The van der Waals surface area contributed by atoms with Gasteiger partial charge in [-0.05, 0) is 34.7 Å². The average Bonchev–Trinajstić information content (AvgIpc) is 3.22. The van der Waals surface area contributed by atoms with Crippen LogP contribution in [0.5, 0.6) is 0 Å². The van der Waals surface area contributed by atoms with E-state index in [-0.39, 0.29) is 0 Å². The molecule has 3 heterocycles. The van der Waals surface area contributed by atoms with Crippen LogP contribution in [0.1, 0.15) is 25.3 Å². The number of carbonyl (C=O) groups is 1. The third kappa shape index (κ3) is 3.70. The molecule has 0 N–H and O–H groups in total. The number of amides is 1. The molecule has 2 saturated heterocycles. The molecule has 0 bridgehead atoms. The van der Waals surface area contributed by atoms with Gasteiger partial charge in [0.15, 0.2) is 0 Å². The van der Waals surface area contributed by atoms with Crippen molar-refractivity contribution in [1.82, 2.24) is 9.80 Å². The van der Waals surface area contributed by atoms with E-state index < -0.39 is 0 Å². The first-order chi connectivity index (χ1) is 10.8. The van der Waals surface area contributed by atoms with E-state index in [0.29, 0.717) is 24.3 Å². The maximum atomic E-state index is 12.5. The summed E-state index contributed by atoms with van der Waals surface area (Å²) >= 11 is 1.70. The summed E-state index contributed by atoms with van der Waals surface area (Å²) in [5.74, 6) is 0.934.